The molecule has 0 aliphatic carbocycles. The molecular weight excluding hydrogens is 292 g/mol. The van der Waals surface area contributed by atoms with E-state index in [-0.39, 0.29) is 23.1 Å². The molecular formula is C15H29ClN2OS. The zero-order chi connectivity index (χ0) is 13.7. The van der Waals surface area contributed by atoms with Crippen molar-refractivity contribution in [3.05, 3.63) is 0 Å². The number of carbonyl (C=O) groups is 1. The van der Waals surface area contributed by atoms with Crippen LogP contribution in [-0.4, -0.2) is 36.0 Å². The van der Waals surface area contributed by atoms with Crippen molar-refractivity contribution in [3.63, 3.8) is 0 Å². The van der Waals surface area contributed by atoms with Gasteiger partial charge in [0.25, 0.3) is 0 Å². The van der Waals surface area contributed by atoms with Crippen molar-refractivity contribution >= 4 is 30.1 Å². The van der Waals surface area contributed by atoms with Gasteiger partial charge in [-0.2, -0.15) is 11.8 Å². The maximum absolute atomic E-state index is 12.1. The quantitative estimate of drug-likeness (QED) is 0.818. The highest BCUT2D eigenvalue weighted by molar-refractivity contribution is 8.00. The SMILES string of the molecule is CC(CC(=O)NCC1(C)CCCS1)C1CCCNC1.Cl. The normalized spacial score (nSPS) is 31.4. The van der Waals surface area contributed by atoms with Crippen molar-refractivity contribution in [2.24, 2.45) is 11.8 Å². The van der Waals surface area contributed by atoms with E-state index in [4.69, 9.17) is 0 Å². The molecule has 0 saturated carbocycles. The van der Waals surface area contributed by atoms with E-state index in [1.807, 2.05) is 11.8 Å². The molecule has 2 rings (SSSR count). The topological polar surface area (TPSA) is 41.1 Å². The lowest BCUT2D eigenvalue weighted by molar-refractivity contribution is -0.122. The summed E-state index contributed by atoms with van der Waals surface area (Å²) < 4.78 is 0.283. The van der Waals surface area contributed by atoms with Crippen LogP contribution in [0.25, 0.3) is 0 Å². The number of amides is 1. The van der Waals surface area contributed by atoms with Gasteiger partial charge in [0, 0.05) is 17.7 Å². The van der Waals surface area contributed by atoms with Crippen molar-refractivity contribution in [2.45, 2.75) is 50.7 Å². The fourth-order valence-corrected chi connectivity index (χ4v) is 4.40. The molecule has 2 N–H and O–H groups in total. The molecule has 0 aromatic heterocycles. The molecule has 1 amide bonds. The van der Waals surface area contributed by atoms with E-state index in [9.17, 15) is 4.79 Å². The number of halogens is 1. The fraction of sp³-hybridized carbons (Fsp3) is 0.933. The Morgan fingerprint density at radius 3 is 2.90 bits per heavy atom. The Labute approximate surface area is 133 Å². The molecule has 118 valence electrons. The molecule has 0 bridgehead atoms. The van der Waals surface area contributed by atoms with Gasteiger partial charge in [-0.15, -0.1) is 12.4 Å². The summed E-state index contributed by atoms with van der Waals surface area (Å²) in [6.45, 7) is 7.57. The molecule has 5 heteroatoms. The minimum atomic E-state index is 0. The van der Waals surface area contributed by atoms with Crippen molar-refractivity contribution < 1.29 is 4.79 Å². The molecule has 0 aromatic carbocycles. The van der Waals surface area contributed by atoms with Crippen molar-refractivity contribution in [1.82, 2.24) is 10.6 Å². The summed E-state index contributed by atoms with van der Waals surface area (Å²) in [7, 11) is 0. The Morgan fingerprint density at radius 1 is 1.50 bits per heavy atom. The fourth-order valence-electron chi connectivity index (χ4n) is 3.16. The van der Waals surface area contributed by atoms with Crippen LogP contribution in [0.3, 0.4) is 0 Å². The second kappa shape index (κ2) is 8.50. The van der Waals surface area contributed by atoms with Gasteiger partial charge in [0.2, 0.25) is 5.91 Å². The molecule has 2 aliphatic heterocycles. The molecule has 3 nitrogen and oxygen atoms in total. The highest BCUT2D eigenvalue weighted by atomic mass is 35.5. The van der Waals surface area contributed by atoms with Crippen LogP contribution in [0.5, 0.6) is 0 Å². The van der Waals surface area contributed by atoms with Crippen molar-refractivity contribution in [3.8, 4) is 0 Å². The second-order valence-electron chi connectivity index (χ2n) is 6.47. The Bertz CT molecular complexity index is 302. The minimum absolute atomic E-state index is 0. The molecule has 3 unspecified atom stereocenters. The average molecular weight is 321 g/mol. The first-order valence-corrected chi connectivity index (χ1v) is 8.69. The molecule has 2 saturated heterocycles. The molecule has 0 aromatic rings. The predicted octanol–water partition coefficient (Wildman–Crippen LogP) is 2.84. The van der Waals surface area contributed by atoms with Crippen molar-refractivity contribution in [2.75, 3.05) is 25.4 Å². The van der Waals surface area contributed by atoms with E-state index in [1.54, 1.807) is 0 Å². The summed E-state index contributed by atoms with van der Waals surface area (Å²) in [6, 6.07) is 0. The van der Waals surface area contributed by atoms with Crippen LogP contribution in [0.15, 0.2) is 0 Å². The monoisotopic (exact) mass is 320 g/mol. The highest BCUT2D eigenvalue weighted by Crippen LogP contribution is 2.37. The van der Waals surface area contributed by atoms with Gasteiger partial charge in [0.15, 0.2) is 0 Å². The average Bonchev–Trinajstić information content (AvgIpc) is 2.85. The van der Waals surface area contributed by atoms with E-state index in [1.165, 1.54) is 31.4 Å². The lowest BCUT2D eigenvalue weighted by atomic mass is 9.85. The van der Waals surface area contributed by atoms with Gasteiger partial charge in [0.05, 0.1) is 0 Å². The number of hydrogen-bond acceptors (Lipinski definition) is 3. The lowest BCUT2D eigenvalue weighted by Gasteiger charge is -2.28. The van der Waals surface area contributed by atoms with Crippen LogP contribution in [0.4, 0.5) is 0 Å². The largest absolute Gasteiger partial charge is 0.355 e. The number of hydrogen-bond donors (Lipinski definition) is 2. The Balaban J connectivity index is 0.00000200. The summed E-state index contributed by atoms with van der Waals surface area (Å²) in [5, 5.41) is 6.59. The smallest absolute Gasteiger partial charge is 0.220 e. The van der Waals surface area contributed by atoms with Gasteiger partial charge < -0.3 is 10.6 Å². The lowest BCUT2D eigenvalue weighted by Crippen LogP contribution is -2.39. The van der Waals surface area contributed by atoms with E-state index in [0.29, 0.717) is 18.3 Å². The zero-order valence-corrected chi connectivity index (χ0v) is 14.4. The molecule has 3 atom stereocenters. The van der Waals surface area contributed by atoms with E-state index in [2.05, 4.69) is 24.5 Å². The van der Waals surface area contributed by atoms with Crippen LogP contribution < -0.4 is 10.6 Å². The summed E-state index contributed by atoms with van der Waals surface area (Å²) >= 11 is 2.01. The molecule has 0 spiro atoms. The summed E-state index contributed by atoms with van der Waals surface area (Å²) in [5.41, 5.74) is 0. The third-order valence-corrected chi connectivity index (χ3v) is 6.15. The van der Waals surface area contributed by atoms with Crippen LogP contribution >= 0.6 is 24.2 Å². The summed E-state index contributed by atoms with van der Waals surface area (Å²) in [4.78, 5) is 12.1. The van der Waals surface area contributed by atoms with Gasteiger partial charge in [-0.3, -0.25) is 4.79 Å². The van der Waals surface area contributed by atoms with Gasteiger partial charge in [-0.05, 0) is 63.3 Å². The number of thioether (sulfide) groups is 1. The van der Waals surface area contributed by atoms with Crippen LogP contribution in [0.1, 0.15) is 46.0 Å². The summed E-state index contributed by atoms with van der Waals surface area (Å²) in [6.07, 6.45) is 5.74. The standard InChI is InChI=1S/C15H28N2OS.ClH/c1-12(13-5-3-7-16-10-13)9-14(18)17-11-15(2)6-4-8-19-15;/h12-13,16H,3-11H2,1-2H3,(H,17,18);1H. The van der Waals surface area contributed by atoms with Crippen LogP contribution in [0.2, 0.25) is 0 Å². The number of carbonyl (C=O) groups excluding carboxylic acids is 1. The van der Waals surface area contributed by atoms with Crippen molar-refractivity contribution in [1.29, 1.82) is 0 Å². The van der Waals surface area contributed by atoms with Gasteiger partial charge in [0.1, 0.15) is 0 Å². The second-order valence-corrected chi connectivity index (χ2v) is 8.15. The molecule has 0 radical (unpaired) electrons. The van der Waals surface area contributed by atoms with Gasteiger partial charge in [-0.1, -0.05) is 6.92 Å². The van der Waals surface area contributed by atoms with Crippen LogP contribution in [-0.2, 0) is 4.79 Å². The summed E-state index contributed by atoms with van der Waals surface area (Å²) in [5.74, 6) is 2.66. The highest BCUT2D eigenvalue weighted by Gasteiger charge is 2.30. The van der Waals surface area contributed by atoms with E-state index in [0.717, 1.165) is 19.6 Å². The van der Waals surface area contributed by atoms with Crippen LogP contribution in [0, 0.1) is 11.8 Å². The predicted molar refractivity (Wildman–Crippen MR) is 89.7 cm³/mol. The maximum atomic E-state index is 12.1. The first-order valence-electron chi connectivity index (χ1n) is 7.70. The first kappa shape index (κ1) is 18.1. The first-order chi connectivity index (χ1) is 9.09. The third-order valence-electron chi connectivity index (χ3n) is 4.61. The zero-order valence-electron chi connectivity index (χ0n) is 12.7. The third kappa shape index (κ3) is 5.45. The van der Waals surface area contributed by atoms with Gasteiger partial charge in [-0.25, -0.2) is 0 Å². The minimum Gasteiger partial charge on any atom is -0.355 e. The van der Waals surface area contributed by atoms with E-state index < -0.39 is 0 Å². The molecule has 2 fully saturated rings. The molecule has 2 heterocycles. The number of nitrogens with one attached hydrogen (secondary N) is 2. The Morgan fingerprint density at radius 2 is 2.30 bits per heavy atom. The van der Waals surface area contributed by atoms with E-state index >= 15 is 0 Å². The number of rotatable bonds is 5. The molecule has 20 heavy (non-hydrogen) atoms. The number of piperidine rings is 1. The van der Waals surface area contributed by atoms with Gasteiger partial charge >= 0.3 is 0 Å². The molecule has 2 aliphatic rings. The maximum Gasteiger partial charge on any atom is 0.220 e. The Hall–Kier alpha value is 0.0700. The Kier molecular flexibility index (Phi) is 7.70.